The smallest absolute Gasteiger partial charge is 0.272 e. The Labute approximate surface area is 186 Å². The van der Waals surface area contributed by atoms with E-state index in [2.05, 4.69) is 39.6 Å². The van der Waals surface area contributed by atoms with Gasteiger partial charge in [-0.3, -0.25) is 4.79 Å². The maximum Gasteiger partial charge on any atom is 0.272 e. The highest BCUT2D eigenvalue weighted by molar-refractivity contribution is 5.93. The highest BCUT2D eigenvalue weighted by atomic mass is 16.2. The topological polar surface area (TPSA) is 73.9 Å². The van der Waals surface area contributed by atoms with Crippen LogP contribution in [0.15, 0.2) is 66.9 Å². The van der Waals surface area contributed by atoms with Crippen LogP contribution in [0.25, 0.3) is 33.5 Å². The summed E-state index contributed by atoms with van der Waals surface area (Å²) < 4.78 is 0. The first kappa shape index (κ1) is 19.2. The molecule has 6 rings (SSSR count). The molecule has 1 atom stereocenters. The summed E-state index contributed by atoms with van der Waals surface area (Å²) >= 11 is 0. The first-order valence-electron chi connectivity index (χ1n) is 11.3. The maximum atomic E-state index is 13.1. The third-order valence-corrected chi connectivity index (χ3v) is 6.34. The van der Waals surface area contributed by atoms with Crippen molar-refractivity contribution in [3.63, 3.8) is 0 Å². The SMILES string of the molecule is O=C(c1cccc(-c2cnc3[nH]c(-c4ccccc4)cc3c2)n1)N1CCC(NC2CC2)C1. The number of pyridine rings is 2. The summed E-state index contributed by atoms with van der Waals surface area (Å²) in [4.78, 5) is 27.7. The van der Waals surface area contributed by atoms with Crippen molar-refractivity contribution in [1.82, 2.24) is 25.2 Å². The molecule has 1 unspecified atom stereocenters. The number of carbonyl (C=O) groups is 1. The van der Waals surface area contributed by atoms with Crippen LogP contribution in [0, 0.1) is 0 Å². The lowest BCUT2D eigenvalue weighted by Gasteiger charge is -2.17. The van der Waals surface area contributed by atoms with E-state index in [-0.39, 0.29) is 5.91 Å². The number of hydrogen-bond acceptors (Lipinski definition) is 4. The molecule has 160 valence electrons. The molecule has 1 saturated carbocycles. The van der Waals surface area contributed by atoms with Crippen LogP contribution in [0.1, 0.15) is 29.8 Å². The summed E-state index contributed by atoms with van der Waals surface area (Å²) in [5.74, 6) is 0.00833. The molecule has 1 amide bonds. The van der Waals surface area contributed by atoms with E-state index in [0.29, 0.717) is 17.8 Å². The first-order chi connectivity index (χ1) is 15.7. The number of benzene rings is 1. The number of amides is 1. The second-order valence-corrected chi connectivity index (χ2v) is 8.80. The van der Waals surface area contributed by atoms with E-state index in [1.807, 2.05) is 47.5 Å². The lowest BCUT2D eigenvalue weighted by Crippen LogP contribution is -2.36. The number of nitrogens with zero attached hydrogens (tertiary/aromatic N) is 3. The Morgan fingerprint density at radius 2 is 1.84 bits per heavy atom. The summed E-state index contributed by atoms with van der Waals surface area (Å²) in [6.45, 7) is 1.55. The average molecular weight is 424 g/mol. The number of hydrogen-bond donors (Lipinski definition) is 2. The summed E-state index contributed by atoms with van der Waals surface area (Å²) in [7, 11) is 0. The Balaban J connectivity index is 1.24. The molecule has 3 aromatic heterocycles. The fraction of sp³-hybridized carbons (Fsp3) is 0.269. The van der Waals surface area contributed by atoms with E-state index in [0.717, 1.165) is 53.1 Å². The van der Waals surface area contributed by atoms with Crippen LogP contribution in [-0.4, -0.2) is 50.9 Å². The van der Waals surface area contributed by atoms with Crippen LogP contribution in [-0.2, 0) is 0 Å². The normalized spacial score (nSPS) is 18.4. The van der Waals surface area contributed by atoms with Crippen LogP contribution in [0.4, 0.5) is 0 Å². The fourth-order valence-corrected chi connectivity index (χ4v) is 4.47. The zero-order valence-corrected chi connectivity index (χ0v) is 17.8. The van der Waals surface area contributed by atoms with Gasteiger partial charge in [-0.15, -0.1) is 0 Å². The number of aromatic amines is 1. The molecule has 6 heteroatoms. The molecule has 4 aromatic rings. The molecule has 0 radical (unpaired) electrons. The Kier molecular flexibility index (Phi) is 4.72. The molecular formula is C26H25N5O. The third kappa shape index (κ3) is 3.78. The van der Waals surface area contributed by atoms with Gasteiger partial charge in [-0.2, -0.15) is 0 Å². The number of fused-ring (bicyclic) bond motifs is 1. The van der Waals surface area contributed by atoms with Crippen molar-refractivity contribution in [3.05, 3.63) is 72.6 Å². The standard InChI is InChI=1S/C26H25N5O/c32-26(31-12-11-21(16-31)28-20-9-10-20)23-8-4-7-22(29-23)19-13-18-14-24(30-25(18)27-15-19)17-5-2-1-3-6-17/h1-8,13-15,20-21,28H,9-12,16H2,(H,27,30). The third-order valence-electron chi connectivity index (χ3n) is 6.34. The molecule has 0 bridgehead atoms. The molecule has 4 heterocycles. The predicted octanol–water partition coefficient (Wildman–Crippen LogP) is 4.26. The monoisotopic (exact) mass is 423 g/mol. The van der Waals surface area contributed by atoms with Crippen LogP contribution in [0.5, 0.6) is 0 Å². The van der Waals surface area contributed by atoms with Gasteiger partial charge in [0, 0.05) is 48.0 Å². The minimum absolute atomic E-state index is 0.00833. The Morgan fingerprint density at radius 3 is 2.69 bits per heavy atom. The maximum absolute atomic E-state index is 13.1. The lowest BCUT2D eigenvalue weighted by molar-refractivity contribution is 0.0783. The molecule has 2 fully saturated rings. The van der Waals surface area contributed by atoms with Gasteiger partial charge in [-0.05, 0) is 49.1 Å². The van der Waals surface area contributed by atoms with Gasteiger partial charge in [0.25, 0.3) is 5.91 Å². The van der Waals surface area contributed by atoms with E-state index < -0.39 is 0 Å². The van der Waals surface area contributed by atoms with Gasteiger partial charge in [0.15, 0.2) is 0 Å². The highest BCUT2D eigenvalue weighted by Crippen LogP contribution is 2.27. The van der Waals surface area contributed by atoms with Gasteiger partial charge in [0.2, 0.25) is 0 Å². The second kappa shape index (κ2) is 7.88. The number of carbonyl (C=O) groups excluding carboxylic acids is 1. The summed E-state index contributed by atoms with van der Waals surface area (Å²) in [5.41, 5.74) is 5.16. The molecule has 0 spiro atoms. The lowest BCUT2D eigenvalue weighted by atomic mass is 10.1. The van der Waals surface area contributed by atoms with Gasteiger partial charge >= 0.3 is 0 Å². The van der Waals surface area contributed by atoms with Gasteiger partial charge in [0.05, 0.1) is 5.69 Å². The van der Waals surface area contributed by atoms with Crippen LogP contribution in [0.2, 0.25) is 0 Å². The number of aromatic nitrogens is 3. The summed E-state index contributed by atoms with van der Waals surface area (Å²) in [6, 6.07) is 21.1. The number of nitrogens with one attached hydrogen (secondary N) is 2. The number of likely N-dealkylation sites (tertiary alicyclic amines) is 1. The van der Waals surface area contributed by atoms with E-state index in [1.165, 1.54) is 12.8 Å². The molecule has 32 heavy (non-hydrogen) atoms. The molecular weight excluding hydrogens is 398 g/mol. The first-order valence-corrected chi connectivity index (χ1v) is 11.3. The van der Waals surface area contributed by atoms with Crippen LogP contribution >= 0.6 is 0 Å². The van der Waals surface area contributed by atoms with Crippen molar-refractivity contribution in [3.8, 4) is 22.5 Å². The second-order valence-electron chi connectivity index (χ2n) is 8.80. The Bertz CT molecular complexity index is 1280. The van der Waals surface area contributed by atoms with Crippen molar-refractivity contribution in [2.75, 3.05) is 13.1 Å². The average Bonchev–Trinajstić information content (AvgIpc) is 3.36. The van der Waals surface area contributed by atoms with Crippen LogP contribution in [0.3, 0.4) is 0 Å². The molecule has 1 aliphatic heterocycles. The minimum Gasteiger partial charge on any atom is -0.339 e. The molecule has 1 aromatic carbocycles. The van der Waals surface area contributed by atoms with E-state index in [1.54, 1.807) is 0 Å². The molecule has 2 N–H and O–H groups in total. The zero-order chi connectivity index (χ0) is 21.5. The van der Waals surface area contributed by atoms with Gasteiger partial charge < -0.3 is 15.2 Å². The predicted molar refractivity (Wildman–Crippen MR) is 125 cm³/mol. The van der Waals surface area contributed by atoms with Crippen molar-refractivity contribution < 1.29 is 4.79 Å². The zero-order valence-electron chi connectivity index (χ0n) is 17.8. The molecule has 1 saturated heterocycles. The molecule has 2 aliphatic rings. The quantitative estimate of drug-likeness (QED) is 0.503. The van der Waals surface area contributed by atoms with E-state index in [9.17, 15) is 4.79 Å². The van der Waals surface area contributed by atoms with Crippen LogP contribution < -0.4 is 5.32 Å². The van der Waals surface area contributed by atoms with E-state index >= 15 is 0 Å². The summed E-state index contributed by atoms with van der Waals surface area (Å²) in [5, 5.41) is 4.65. The van der Waals surface area contributed by atoms with Crippen molar-refractivity contribution in [2.24, 2.45) is 0 Å². The van der Waals surface area contributed by atoms with Gasteiger partial charge in [0.1, 0.15) is 11.3 Å². The number of H-pyrrole nitrogens is 1. The minimum atomic E-state index is 0.00833. The van der Waals surface area contributed by atoms with Crippen molar-refractivity contribution in [2.45, 2.75) is 31.3 Å². The Hall–Kier alpha value is -3.51. The Morgan fingerprint density at radius 1 is 0.969 bits per heavy atom. The molecule has 6 nitrogen and oxygen atoms in total. The fourth-order valence-electron chi connectivity index (χ4n) is 4.47. The van der Waals surface area contributed by atoms with Gasteiger partial charge in [-0.25, -0.2) is 9.97 Å². The molecule has 1 aliphatic carbocycles. The summed E-state index contributed by atoms with van der Waals surface area (Å²) in [6.07, 6.45) is 5.36. The van der Waals surface area contributed by atoms with Crippen molar-refractivity contribution in [1.29, 1.82) is 0 Å². The number of rotatable bonds is 5. The highest BCUT2D eigenvalue weighted by Gasteiger charge is 2.31. The van der Waals surface area contributed by atoms with E-state index in [4.69, 9.17) is 4.98 Å². The van der Waals surface area contributed by atoms with Crippen molar-refractivity contribution >= 4 is 16.9 Å². The largest absolute Gasteiger partial charge is 0.339 e. The van der Waals surface area contributed by atoms with Gasteiger partial charge in [-0.1, -0.05) is 36.4 Å².